The van der Waals surface area contributed by atoms with Crippen molar-refractivity contribution in [2.45, 2.75) is 19.1 Å². The Morgan fingerprint density at radius 1 is 1.25 bits per heavy atom. The molecule has 0 radical (unpaired) electrons. The number of fused-ring (bicyclic) bond motifs is 1. The molecule has 24 heavy (non-hydrogen) atoms. The Hall–Kier alpha value is -2.80. The van der Waals surface area contributed by atoms with E-state index in [0.717, 1.165) is 24.0 Å². The Balaban J connectivity index is 1.36. The molecule has 2 amide bonds. The first-order valence-corrected chi connectivity index (χ1v) is 7.87. The largest absolute Gasteiger partial charge is 0.467 e. The zero-order chi connectivity index (χ0) is 16.8. The predicted octanol–water partition coefficient (Wildman–Crippen LogP) is 2.05. The van der Waals surface area contributed by atoms with Gasteiger partial charge in [0.15, 0.2) is 0 Å². The van der Waals surface area contributed by atoms with Gasteiger partial charge >= 0.3 is 6.03 Å². The number of amides is 2. The minimum Gasteiger partial charge on any atom is -0.467 e. The van der Waals surface area contributed by atoms with E-state index >= 15 is 0 Å². The molecule has 0 aliphatic heterocycles. The molecule has 3 N–H and O–H groups in total. The molecule has 7 heteroatoms. The first-order valence-electron chi connectivity index (χ1n) is 7.87. The van der Waals surface area contributed by atoms with Crippen molar-refractivity contribution in [2.75, 3.05) is 13.1 Å². The number of imidazole rings is 1. The number of carbonyl (C=O) groups is 1. The molecule has 0 aliphatic rings. The standard InChI is InChI=1S/C17H20N4O3/c22-15(16-7-3-10-24-16)11-19-17(23)18-8-4-9-21-12-20-13-5-1-2-6-14(13)21/h1-3,5-7,10,12,15,22H,4,8-9,11H2,(H2,18,19,23). The van der Waals surface area contributed by atoms with Gasteiger partial charge in [0.25, 0.3) is 0 Å². The van der Waals surface area contributed by atoms with Crippen molar-refractivity contribution in [1.82, 2.24) is 20.2 Å². The summed E-state index contributed by atoms with van der Waals surface area (Å²) in [5.41, 5.74) is 2.05. The maximum Gasteiger partial charge on any atom is 0.314 e. The van der Waals surface area contributed by atoms with E-state index in [4.69, 9.17) is 4.42 Å². The van der Waals surface area contributed by atoms with Gasteiger partial charge in [-0.2, -0.15) is 0 Å². The Morgan fingerprint density at radius 3 is 2.96 bits per heavy atom. The van der Waals surface area contributed by atoms with Crippen LogP contribution < -0.4 is 10.6 Å². The number of hydrogen-bond acceptors (Lipinski definition) is 4. The average Bonchev–Trinajstić information content (AvgIpc) is 3.26. The zero-order valence-corrected chi connectivity index (χ0v) is 13.2. The van der Waals surface area contributed by atoms with E-state index < -0.39 is 6.10 Å². The van der Waals surface area contributed by atoms with Crippen LogP contribution in [0.1, 0.15) is 18.3 Å². The second kappa shape index (κ2) is 7.65. The Morgan fingerprint density at radius 2 is 2.12 bits per heavy atom. The molecule has 1 atom stereocenters. The summed E-state index contributed by atoms with van der Waals surface area (Å²) in [6.07, 6.45) is 3.24. The number of aliphatic hydroxyl groups is 1. The lowest BCUT2D eigenvalue weighted by Crippen LogP contribution is -2.38. The quantitative estimate of drug-likeness (QED) is 0.579. The summed E-state index contributed by atoms with van der Waals surface area (Å²) in [7, 11) is 0. The molecule has 3 rings (SSSR count). The van der Waals surface area contributed by atoms with Crippen molar-refractivity contribution in [2.24, 2.45) is 0 Å². The highest BCUT2D eigenvalue weighted by Crippen LogP contribution is 2.12. The molecular weight excluding hydrogens is 308 g/mol. The fourth-order valence-electron chi connectivity index (χ4n) is 2.47. The van der Waals surface area contributed by atoms with Crippen LogP contribution >= 0.6 is 0 Å². The van der Waals surface area contributed by atoms with E-state index in [9.17, 15) is 9.90 Å². The molecular formula is C17H20N4O3. The number of furan rings is 1. The van der Waals surface area contributed by atoms with Gasteiger partial charge < -0.3 is 24.7 Å². The fraction of sp³-hybridized carbons (Fsp3) is 0.294. The maximum absolute atomic E-state index is 11.7. The average molecular weight is 328 g/mol. The van der Waals surface area contributed by atoms with Gasteiger partial charge in [-0.3, -0.25) is 0 Å². The molecule has 0 spiro atoms. The summed E-state index contributed by atoms with van der Waals surface area (Å²) < 4.78 is 7.14. The van der Waals surface area contributed by atoms with E-state index in [1.807, 2.05) is 30.6 Å². The minimum absolute atomic E-state index is 0.103. The summed E-state index contributed by atoms with van der Waals surface area (Å²) >= 11 is 0. The summed E-state index contributed by atoms with van der Waals surface area (Å²) in [5.74, 6) is 0.433. The smallest absolute Gasteiger partial charge is 0.314 e. The van der Waals surface area contributed by atoms with Crippen molar-refractivity contribution < 1.29 is 14.3 Å². The maximum atomic E-state index is 11.7. The summed E-state index contributed by atoms with van der Waals surface area (Å²) in [6.45, 7) is 1.41. The van der Waals surface area contributed by atoms with E-state index in [-0.39, 0.29) is 12.6 Å². The lowest BCUT2D eigenvalue weighted by atomic mass is 10.3. The molecule has 7 nitrogen and oxygen atoms in total. The van der Waals surface area contributed by atoms with Gasteiger partial charge in [0, 0.05) is 13.1 Å². The highest BCUT2D eigenvalue weighted by atomic mass is 16.4. The molecule has 1 aromatic carbocycles. The van der Waals surface area contributed by atoms with Crippen LogP contribution in [0.15, 0.2) is 53.4 Å². The van der Waals surface area contributed by atoms with Crippen LogP contribution in [0.25, 0.3) is 11.0 Å². The van der Waals surface area contributed by atoms with Crippen LogP contribution in [0.5, 0.6) is 0 Å². The topological polar surface area (TPSA) is 92.3 Å². The van der Waals surface area contributed by atoms with Gasteiger partial charge in [-0.15, -0.1) is 0 Å². The summed E-state index contributed by atoms with van der Waals surface area (Å²) in [4.78, 5) is 16.0. The Bertz CT molecular complexity index is 782. The molecule has 3 aromatic rings. The third-order valence-electron chi connectivity index (χ3n) is 3.72. The monoisotopic (exact) mass is 328 g/mol. The number of aliphatic hydroxyl groups excluding tert-OH is 1. The number of nitrogens with one attached hydrogen (secondary N) is 2. The molecule has 0 bridgehead atoms. The molecule has 0 saturated carbocycles. The number of carbonyl (C=O) groups excluding carboxylic acids is 1. The molecule has 2 aromatic heterocycles. The summed E-state index contributed by atoms with van der Waals surface area (Å²) in [6, 6.07) is 11.0. The third kappa shape index (κ3) is 3.94. The number of para-hydroxylation sites is 2. The summed E-state index contributed by atoms with van der Waals surface area (Å²) in [5, 5.41) is 15.2. The number of hydrogen-bond donors (Lipinski definition) is 3. The molecule has 1 unspecified atom stereocenters. The van der Waals surface area contributed by atoms with Crippen molar-refractivity contribution in [3.63, 3.8) is 0 Å². The lowest BCUT2D eigenvalue weighted by molar-refractivity contribution is 0.148. The zero-order valence-electron chi connectivity index (χ0n) is 13.2. The van der Waals surface area contributed by atoms with Crippen molar-refractivity contribution >= 4 is 17.1 Å². The molecule has 0 saturated heterocycles. The van der Waals surface area contributed by atoms with E-state index in [1.54, 1.807) is 12.1 Å². The van der Waals surface area contributed by atoms with Gasteiger partial charge in [0.1, 0.15) is 11.9 Å². The Labute approximate surface area is 139 Å². The Kier molecular flexibility index (Phi) is 5.12. The van der Waals surface area contributed by atoms with Crippen molar-refractivity contribution in [3.05, 3.63) is 54.7 Å². The first-order chi connectivity index (χ1) is 11.7. The first kappa shape index (κ1) is 16.1. The second-order valence-electron chi connectivity index (χ2n) is 5.45. The van der Waals surface area contributed by atoms with Crippen molar-refractivity contribution in [1.29, 1.82) is 0 Å². The highest BCUT2D eigenvalue weighted by molar-refractivity contribution is 5.75. The minimum atomic E-state index is -0.844. The third-order valence-corrected chi connectivity index (χ3v) is 3.72. The highest BCUT2D eigenvalue weighted by Gasteiger charge is 2.11. The lowest BCUT2D eigenvalue weighted by Gasteiger charge is -2.11. The predicted molar refractivity (Wildman–Crippen MR) is 89.4 cm³/mol. The normalized spacial score (nSPS) is 12.2. The van der Waals surface area contributed by atoms with Crippen molar-refractivity contribution in [3.8, 4) is 0 Å². The van der Waals surface area contributed by atoms with E-state index in [2.05, 4.69) is 20.2 Å². The van der Waals surface area contributed by atoms with Gasteiger partial charge in [0.05, 0.1) is 30.2 Å². The molecule has 0 aliphatic carbocycles. The second-order valence-corrected chi connectivity index (χ2v) is 5.45. The van der Waals surface area contributed by atoms with Crippen LogP contribution in [-0.4, -0.2) is 33.8 Å². The van der Waals surface area contributed by atoms with Gasteiger partial charge in [-0.1, -0.05) is 12.1 Å². The van der Waals surface area contributed by atoms with Gasteiger partial charge in [0.2, 0.25) is 0 Å². The molecule has 2 heterocycles. The number of nitrogens with zero attached hydrogens (tertiary/aromatic N) is 2. The van der Waals surface area contributed by atoms with Gasteiger partial charge in [-0.05, 0) is 30.7 Å². The van der Waals surface area contributed by atoms with Gasteiger partial charge in [-0.25, -0.2) is 9.78 Å². The SMILES string of the molecule is O=C(NCCCn1cnc2ccccc21)NCC(O)c1ccco1. The van der Waals surface area contributed by atoms with Crippen LogP contribution in [0.2, 0.25) is 0 Å². The number of urea groups is 1. The van der Waals surface area contributed by atoms with E-state index in [1.165, 1.54) is 6.26 Å². The molecule has 0 fully saturated rings. The van der Waals surface area contributed by atoms with Crippen LogP contribution in [0, 0.1) is 0 Å². The van der Waals surface area contributed by atoms with Crippen LogP contribution in [0.4, 0.5) is 4.79 Å². The number of benzene rings is 1. The van der Waals surface area contributed by atoms with Crippen LogP contribution in [0.3, 0.4) is 0 Å². The van der Waals surface area contributed by atoms with Crippen LogP contribution in [-0.2, 0) is 6.54 Å². The number of aryl methyl sites for hydroxylation is 1. The number of rotatable bonds is 7. The molecule has 126 valence electrons. The fourth-order valence-corrected chi connectivity index (χ4v) is 2.47. The van der Waals surface area contributed by atoms with E-state index in [0.29, 0.717) is 12.3 Å². The number of aromatic nitrogens is 2.